The minimum Gasteiger partial charge on any atom is -0.457 e. The summed E-state index contributed by atoms with van der Waals surface area (Å²) in [7, 11) is 0. The first-order valence-corrected chi connectivity index (χ1v) is 23.8. The molecule has 3 heterocycles. The molecular weight excluding hydrogens is 796 g/mol. The fourth-order valence-corrected chi connectivity index (χ4v) is 11.9. The normalized spacial score (nSPS) is 14.8. The summed E-state index contributed by atoms with van der Waals surface area (Å²) in [5.74, 6) is 1.62. The van der Waals surface area contributed by atoms with E-state index in [2.05, 4.69) is 201 Å². The molecule has 3 nitrogen and oxygen atoms in total. The molecule has 318 valence electrons. The summed E-state index contributed by atoms with van der Waals surface area (Å²) in [6.07, 6.45) is 0. The van der Waals surface area contributed by atoms with Crippen molar-refractivity contribution in [2.75, 3.05) is 9.80 Å². The molecule has 1 aromatic heterocycles. The smallest absolute Gasteiger partial charge is 0.264 e. The van der Waals surface area contributed by atoms with Gasteiger partial charge in [-0.05, 0) is 121 Å². The number of fused-ring (bicyclic) bond motifs is 9. The topological polar surface area (TPSA) is 15.7 Å². The van der Waals surface area contributed by atoms with Crippen LogP contribution in [-0.4, -0.2) is 6.71 Å². The second kappa shape index (κ2) is 14.0. The van der Waals surface area contributed by atoms with Crippen LogP contribution in [0, 0.1) is 0 Å². The molecule has 0 saturated carbocycles. The van der Waals surface area contributed by atoms with E-state index in [9.17, 15) is 0 Å². The van der Waals surface area contributed by atoms with E-state index >= 15 is 0 Å². The predicted molar refractivity (Wildman–Crippen MR) is 276 cm³/mol. The maximum Gasteiger partial charge on any atom is 0.264 e. The molecule has 8 aromatic rings. The molecule has 0 amide bonds. The number of para-hydroxylation sites is 1. The van der Waals surface area contributed by atoms with Gasteiger partial charge < -0.3 is 14.5 Å². The number of benzene rings is 7. The minimum atomic E-state index is -0.102. The van der Waals surface area contributed by atoms with E-state index in [4.69, 9.17) is 4.74 Å². The van der Waals surface area contributed by atoms with Gasteiger partial charge in [0.2, 0.25) is 0 Å². The van der Waals surface area contributed by atoms with Gasteiger partial charge in [0.25, 0.3) is 6.71 Å². The summed E-state index contributed by atoms with van der Waals surface area (Å²) in [4.78, 5) is 5.08. The monoisotopic (exact) mass is 852 g/mol. The Bertz CT molecular complexity index is 3160. The van der Waals surface area contributed by atoms with Gasteiger partial charge >= 0.3 is 0 Å². The SMILES string of the molecule is CC(C)(C)c1ccc(N2c3ccc(C(C)(C)C)cc3B3c4sc5cc6c(cc5c4N(c4ccc(C(C)(C)C)cc4)c4cc(Oc5ccccc5)cc2c43)-c2ccccc2C6(C)C)cc1. The van der Waals surface area contributed by atoms with Gasteiger partial charge in [0, 0.05) is 60.8 Å². The molecule has 0 fully saturated rings. The van der Waals surface area contributed by atoms with Gasteiger partial charge in [-0.1, -0.05) is 155 Å². The van der Waals surface area contributed by atoms with Crippen LogP contribution >= 0.6 is 11.3 Å². The standard InChI is InChI=1S/C59H57BN2OS/c1-56(2,3)36-21-26-39(27-22-36)61-49-30-25-38(58(7,8)9)31-48(49)60-53-50(61)32-42(63-41-17-13-12-14-18-41)33-51(53)62(40-28-23-37(24-29-40)57(4,5)6)54-45-34-44-43-19-15-16-20-46(43)59(10,11)47(44)35-52(45)64-55(54)60/h12-35H,1-11H3. The number of anilines is 6. The molecule has 11 rings (SSSR count). The largest absolute Gasteiger partial charge is 0.457 e. The van der Waals surface area contributed by atoms with E-state index in [-0.39, 0.29) is 28.4 Å². The number of ether oxygens (including phenoxy) is 1. The second-order valence-electron chi connectivity index (χ2n) is 21.9. The highest BCUT2D eigenvalue weighted by molar-refractivity contribution is 7.33. The van der Waals surface area contributed by atoms with Crippen molar-refractivity contribution >= 4 is 78.0 Å². The van der Waals surface area contributed by atoms with Crippen LogP contribution in [0.25, 0.3) is 21.2 Å². The van der Waals surface area contributed by atoms with E-state index in [1.54, 1.807) is 0 Å². The van der Waals surface area contributed by atoms with Crippen LogP contribution in [0.5, 0.6) is 11.5 Å². The lowest BCUT2D eigenvalue weighted by Crippen LogP contribution is -2.60. The molecule has 2 aliphatic heterocycles. The van der Waals surface area contributed by atoms with Gasteiger partial charge in [0.05, 0.1) is 5.69 Å². The zero-order valence-corrected chi connectivity index (χ0v) is 40.0. The average Bonchev–Trinajstić information content (AvgIpc) is 3.73. The minimum absolute atomic E-state index is 0.00851. The summed E-state index contributed by atoms with van der Waals surface area (Å²) >= 11 is 1.98. The maximum absolute atomic E-state index is 6.92. The Morgan fingerprint density at radius 1 is 0.500 bits per heavy atom. The lowest BCUT2D eigenvalue weighted by molar-refractivity contribution is 0.483. The molecule has 0 bridgehead atoms. The molecule has 1 aliphatic carbocycles. The van der Waals surface area contributed by atoms with Gasteiger partial charge in [0.15, 0.2) is 0 Å². The van der Waals surface area contributed by atoms with Crippen LogP contribution in [0.4, 0.5) is 34.1 Å². The van der Waals surface area contributed by atoms with E-state index in [1.165, 1.54) is 76.1 Å². The number of hydrogen-bond acceptors (Lipinski definition) is 4. The molecule has 64 heavy (non-hydrogen) atoms. The van der Waals surface area contributed by atoms with Crippen LogP contribution in [-0.2, 0) is 21.7 Å². The first kappa shape index (κ1) is 40.7. The van der Waals surface area contributed by atoms with E-state index in [0.717, 1.165) is 34.2 Å². The number of thiophene rings is 1. The van der Waals surface area contributed by atoms with Gasteiger partial charge in [-0.2, -0.15) is 0 Å². The van der Waals surface area contributed by atoms with E-state index < -0.39 is 0 Å². The molecule has 0 atom stereocenters. The molecular formula is C59H57BN2OS. The number of hydrogen-bond donors (Lipinski definition) is 0. The Kier molecular flexibility index (Phi) is 8.90. The van der Waals surface area contributed by atoms with Crippen LogP contribution in [0.2, 0.25) is 0 Å². The fourth-order valence-electron chi connectivity index (χ4n) is 10.6. The zero-order valence-electron chi connectivity index (χ0n) is 39.1. The van der Waals surface area contributed by atoms with Gasteiger partial charge in [0.1, 0.15) is 11.5 Å². The Balaban J connectivity index is 1.26. The lowest BCUT2D eigenvalue weighted by atomic mass is 9.36. The molecule has 0 unspecified atom stereocenters. The van der Waals surface area contributed by atoms with Crippen molar-refractivity contribution in [3.8, 4) is 22.6 Å². The molecule has 0 saturated heterocycles. The average molecular weight is 853 g/mol. The summed E-state index contributed by atoms with van der Waals surface area (Å²) in [5, 5.41) is 1.29. The zero-order chi connectivity index (χ0) is 44.7. The lowest BCUT2D eigenvalue weighted by Gasteiger charge is -2.44. The quantitative estimate of drug-likeness (QED) is 0.164. The first-order valence-electron chi connectivity index (χ1n) is 23.0. The second-order valence-corrected chi connectivity index (χ2v) is 23.0. The summed E-state index contributed by atoms with van der Waals surface area (Å²) in [6, 6.07) is 54.8. The van der Waals surface area contributed by atoms with Crippen LogP contribution in [0.1, 0.15) is 104 Å². The molecule has 0 N–H and O–H groups in total. The van der Waals surface area contributed by atoms with E-state index in [0.29, 0.717) is 0 Å². The highest BCUT2D eigenvalue weighted by Gasteiger charge is 2.47. The Morgan fingerprint density at radius 3 is 1.69 bits per heavy atom. The van der Waals surface area contributed by atoms with Gasteiger partial charge in [-0.3, -0.25) is 0 Å². The third-order valence-electron chi connectivity index (χ3n) is 14.2. The molecule has 7 aromatic carbocycles. The van der Waals surface area contributed by atoms with Crippen molar-refractivity contribution in [1.82, 2.24) is 0 Å². The highest BCUT2D eigenvalue weighted by atomic mass is 32.1. The van der Waals surface area contributed by atoms with Crippen molar-refractivity contribution in [3.63, 3.8) is 0 Å². The Morgan fingerprint density at radius 2 is 1.06 bits per heavy atom. The highest BCUT2D eigenvalue weighted by Crippen LogP contribution is 2.54. The third kappa shape index (κ3) is 6.29. The van der Waals surface area contributed by atoms with Crippen molar-refractivity contribution in [1.29, 1.82) is 0 Å². The van der Waals surface area contributed by atoms with Gasteiger partial charge in [-0.25, -0.2) is 0 Å². The van der Waals surface area contributed by atoms with Gasteiger partial charge in [-0.15, -0.1) is 11.3 Å². The van der Waals surface area contributed by atoms with E-state index in [1.807, 2.05) is 41.7 Å². The third-order valence-corrected chi connectivity index (χ3v) is 15.4. The predicted octanol–water partition coefficient (Wildman–Crippen LogP) is 15.0. The molecule has 0 radical (unpaired) electrons. The number of nitrogens with zero attached hydrogens (tertiary/aromatic N) is 2. The van der Waals surface area contributed by atoms with Crippen molar-refractivity contribution in [3.05, 3.63) is 173 Å². The van der Waals surface area contributed by atoms with Crippen molar-refractivity contribution < 1.29 is 4.74 Å². The number of rotatable bonds is 4. The summed E-state index contributed by atoms with van der Waals surface area (Å²) < 4.78 is 9.63. The van der Waals surface area contributed by atoms with Crippen LogP contribution in [0.3, 0.4) is 0 Å². The molecule has 0 spiro atoms. The fraction of sp³-hybridized carbons (Fsp3) is 0.254. The maximum atomic E-state index is 6.92. The molecule has 5 heteroatoms. The molecule has 3 aliphatic rings. The summed E-state index contributed by atoms with van der Waals surface area (Å²) in [5.41, 5.74) is 19.0. The first-order chi connectivity index (χ1) is 30.4. The van der Waals surface area contributed by atoms with Crippen molar-refractivity contribution in [2.24, 2.45) is 0 Å². The Labute approximate surface area is 384 Å². The van der Waals surface area contributed by atoms with Crippen LogP contribution < -0.4 is 30.2 Å². The van der Waals surface area contributed by atoms with Crippen LogP contribution in [0.15, 0.2) is 146 Å². The van der Waals surface area contributed by atoms with Crippen molar-refractivity contribution in [2.45, 2.75) is 97.8 Å². The Hall–Kier alpha value is -6.04. The summed E-state index contributed by atoms with van der Waals surface area (Å²) in [6.45, 7) is 25.5.